The summed E-state index contributed by atoms with van der Waals surface area (Å²) >= 11 is 2.10. The molecular weight excluding hydrogens is 226 g/mol. The summed E-state index contributed by atoms with van der Waals surface area (Å²) in [5, 5.41) is 4.06. The molecule has 0 unspecified atom stereocenters. The predicted molar refractivity (Wildman–Crippen MR) is 76.7 cm³/mol. The Bertz CT molecular complexity index is 356. The molecule has 1 fully saturated rings. The Morgan fingerprint density at radius 1 is 1.24 bits per heavy atom. The lowest BCUT2D eigenvalue weighted by Gasteiger charge is -2.22. The van der Waals surface area contributed by atoms with Crippen LogP contribution >= 0.6 is 11.8 Å². The molecule has 0 atom stereocenters. The van der Waals surface area contributed by atoms with Crippen LogP contribution < -0.4 is 5.32 Å². The smallest absolute Gasteiger partial charge is 0.0202 e. The molecule has 2 heteroatoms. The molecule has 17 heavy (non-hydrogen) atoms. The number of aryl methyl sites for hydroxylation is 1. The Hall–Kier alpha value is -0.470. The molecule has 0 radical (unpaired) electrons. The van der Waals surface area contributed by atoms with E-state index < -0.39 is 0 Å². The van der Waals surface area contributed by atoms with E-state index in [0.29, 0.717) is 0 Å². The maximum atomic E-state index is 3.21. The van der Waals surface area contributed by atoms with Gasteiger partial charge in [0, 0.05) is 16.7 Å². The molecule has 1 aliphatic rings. The van der Waals surface area contributed by atoms with Crippen molar-refractivity contribution in [2.75, 3.05) is 7.05 Å². The van der Waals surface area contributed by atoms with Crippen molar-refractivity contribution in [3.8, 4) is 0 Å². The lowest BCUT2D eigenvalue weighted by molar-refractivity contribution is 0.516. The third kappa shape index (κ3) is 3.75. The van der Waals surface area contributed by atoms with Crippen LogP contribution in [0.25, 0.3) is 0 Å². The maximum absolute atomic E-state index is 3.21. The van der Waals surface area contributed by atoms with E-state index in [1.165, 1.54) is 48.1 Å². The molecular formula is C15H23NS. The largest absolute Gasteiger partial charge is 0.316 e. The Balaban J connectivity index is 2.00. The van der Waals surface area contributed by atoms with E-state index in [4.69, 9.17) is 0 Å². The number of thioether (sulfide) groups is 1. The van der Waals surface area contributed by atoms with Gasteiger partial charge in [-0.25, -0.2) is 0 Å². The van der Waals surface area contributed by atoms with E-state index in [2.05, 4.69) is 42.2 Å². The van der Waals surface area contributed by atoms with Crippen LogP contribution in [0.4, 0.5) is 0 Å². The first-order valence-corrected chi connectivity index (χ1v) is 7.58. The Morgan fingerprint density at radius 2 is 2.00 bits per heavy atom. The average Bonchev–Trinajstić information content (AvgIpc) is 2.34. The second-order valence-corrected chi connectivity index (χ2v) is 6.35. The minimum atomic E-state index is 0.859. The van der Waals surface area contributed by atoms with Crippen molar-refractivity contribution < 1.29 is 0 Å². The van der Waals surface area contributed by atoms with Gasteiger partial charge in [0.25, 0.3) is 0 Å². The first kappa shape index (κ1) is 13.0. The number of hydrogen-bond donors (Lipinski definition) is 1. The van der Waals surface area contributed by atoms with Crippen molar-refractivity contribution in [2.45, 2.75) is 55.7 Å². The van der Waals surface area contributed by atoms with Crippen LogP contribution in [0.2, 0.25) is 0 Å². The third-order valence-electron chi connectivity index (χ3n) is 3.47. The molecule has 94 valence electrons. The normalized spacial score (nSPS) is 17.3. The van der Waals surface area contributed by atoms with E-state index in [1.54, 1.807) is 0 Å². The third-order valence-corrected chi connectivity index (χ3v) is 4.98. The molecule has 0 aromatic heterocycles. The van der Waals surface area contributed by atoms with Gasteiger partial charge in [-0.3, -0.25) is 0 Å². The van der Waals surface area contributed by atoms with Crippen LogP contribution in [0, 0.1) is 6.92 Å². The van der Waals surface area contributed by atoms with Crippen molar-refractivity contribution in [1.82, 2.24) is 5.32 Å². The van der Waals surface area contributed by atoms with Crippen LogP contribution in [0.15, 0.2) is 23.1 Å². The first-order chi connectivity index (χ1) is 8.29. The van der Waals surface area contributed by atoms with Crippen molar-refractivity contribution >= 4 is 11.8 Å². The number of nitrogens with one attached hydrogen (secondary N) is 1. The van der Waals surface area contributed by atoms with Gasteiger partial charge in [0.1, 0.15) is 0 Å². The molecule has 1 aromatic carbocycles. The number of hydrogen-bond acceptors (Lipinski definition) is 2. The van der Waals surface area contributed by atoms with Gasteiger partial charge in [-0.1, -0.05) is 31.4 Å². The van der Waals surface area contributed by atoms with Crippen LogP contribution in [0.1, 0.15) is 43.2 Å². The summed E-state index contributed by atoms with van der Waals surface area (Å²) in [5.41, 5.74) is 2.83. The summed E-state index contributed by atoms with van der Waals surface area (Å²) in [5.74, 6) is 0. The van der Waals surface area contributed by atoms with Crippen molar-refractivity contribution in [3.63, 3.8) is 0 Å². The van der Waals surface area contributed by atoms with Gasteiger partial charge < -0.3 is 5.32 Å². The molecule has 0 aliphatic heterocycles. The van der Waals surface area contributed by atoms with Crippen LogP contribution in [0.5, 0.6) is 0 Å². The van der Waals surface area contributed by atoms with Crippen LogP contribution in [-0.2, 0) is 6.54 Å². The van der Waals surface area contributed by atoms with E-state index in [9.17, 15) is 0 Å². The zero-order valence-electron chi connectivity index (χ0n) is 11.0. The number of rotatable bonds is 4. The molecule has 1 N–H and O–H groups in total. The highest BCUT2D eigenvalue weighted by Gasteiger charge is 2.15. The van der Waals surface area contributed by atoms with Crippen molar-refractivity contribution in [1.29, 1.82) is 0 Å². The standard InChI is InChI=1S/C15H23NS/c1-12-10-13(11-16-2)8-9-15(12)17-14-6-4-3-5-7-14/h8-10,14,16H,3-7,11H2,1-2H3. The van der Waals surface area contributed by atoms with Gasteiger partial charge in [-0.2, -0.15) is 0 Å². The van der Waals surface area contributed by atoms with Crippen LogP contribution in [0.3, 0.4) is 0 Å². The lowest BCUT2D eigenvalue weighted by Crippen LogP contribution is -2.08. The molecule has 2 rings (SSSR count). The Kier molecular flexibility index (Phi) is 4.93. The van der Waals surface area contributed by atoms with E-state index in [-0.39, 0.29) is 0 Å². The van der Waals surface area contributed by atoms with Crippen molar-refractivity contribution in [3.05, 3.63) is 29.3 Å². The monoisotopic (exact) mass is 249 g/mol. The van der Waals surface area contributed by atoms with Crippen LogP contribution in [-0.4, -0.2) is 12.3 Å². The van der Waals surface area contributed by atoms with Gasteiger partial charge in [0.05, 0.1) is 0 Å². The van der Waals surface area contributed by atoms with E-state index >= 15 is 0 Å². The van der Waals surface area contributed by atoms with Gasteiger partial charge in [-0.15, -0.1) is 11.8 Å². The fourth-order valence-electron chi connectivity index (χ4n) is 2.52. The molecule has 0 amide bonds. The summed E-state index contributed by atoms with van der Waals surface area (Å²) in [6.07, 6.45) is 7.10. The zero-order valence-corrected chi connectivity index (χ0v) is 11.8. The summed E-state index contributed by atoms with van der Waals surface area (Å²) in [6, 6.07) is 6.89. The first-order valence-electron chi connectivity index (χ1n) is 6.70. The van der Waals surface area contributed by atoms with Gasteiger partial charge in [0.2, 0.25) is 0 Å². The summed E-state index contributed by atoms with van der Waals surface area (Å²) in [4.78, 5) is 1.48. The minimum absolute atomic E-state index is 0.859. The van der Waals surface area contributed by atoms with E-state index in [0.717, 1.165) is 11.8 Å². The summed E-state index contributed by atoms with van der Waals surface area (Å²) in [7, 11) is 2.00. The average molecular weight is 249 g/mol. The summed E-state index contributed by atoms with van der Waals surface area (Å²) < 4.78 is 0. The quantitative estimate of drug-likeness (QED) is 0.860. The number of benzene rings is 1. The Labute approximate surface area is 109 Å². The fourth-order valence-corrected chi connectivity index (χ4v) is 3.84. The zero-order chi connectivity index (χ0) is 12.1. The van der Waals surface area contributed by atoms with E-state index in [1.807, 2.05) is 7.05 Å². The molecule has 0 spiro atoms. The molecule has 0 bridgehead atoms. The second-order valence-electron chi connectivity index (χ2n) is 5.01. The highest BCUT2D eigenvalue weighted by molar-refractivity contribution is 8.00. The molecule has 1 aromatic rings. The molecule has 1 saturated carbocycles. The SMILES string of the molecule is CNCc1ccc(SC2CCCCC2)c(C)c1. The second kappa shape index (κ2) is 6.46. The van der Waals surface area contributed by atoms with Gasteiger partial charge in [0.15, 0.2) is 0 Å². The topological polar surface area (TPSA) is 12.0 Å². The molecule has 1 aliphatic carbocycles. The highest BCUT2D eigenvalue weighted by Crippen LogP contribution is 2.35. The lowest BCUT2D eigenvalue weighted by atomic mass is 10.0. The Morgan fingerprint density at radius 3 is 2.65 bits per heavy atom. The minimum Gasteiger partial charge on any atom is -0.316 e. The summed E-state index contributed by atoms with van der Waals surface area (Å²) in [6.45, 7) is 3.21. The predicted octanol–water partition coefficient (Wildman–Crippen LogP) is 4.14. The van der Waals surface area contributed by atoms with Gasteiger partial charge >= 0.3 is 0 Å². The highest BCUT2D eigenvalue weighted by atomic mass is 32.2. The molecule has 1 nitrogen and oxygen atoms in total. The molecule has 0 saturated heterocycles. The molecule has 0 heterocycles. The fraction of sp³-hybridized carbons (Fsp3) is 0.600. The van der Waals surface area contributed by atoms with Gasteiger partial charge in [-0.05, 0) is 44.0 Å². The van der Waals surface area contributed by atoms with Crippen molar-refractivity contribution in [2.24, 2.45) is 0 Å². The maximum Gasteiger partial charge on any atom is 0.0202 e.